The van der Waals surface area contributed by atoms with Crippen molar-refractivity contribution in [1.29, 1.82) is 0 Å². The second kappa shape index (κ2) is 7.13. The van der Waals surface area contributed by atoms with Gasteiger partial charge in [0.2, 0.25) is 5.91 Å². The van der Waals surface area contributed by atoms with Crippen LogP contribution < -0.4 is 5.32 Å². The first-order chi connectivity index (χ1) is 8.43. The number of nitrogens with zero attached hydrogens (tertiary/aromatic N) is 1. The fourth-order valence-corrected chi connectivity index (χ4v) is 2.75. The van der Waals surface area contributed by atoms with Crippen molar-refractivity contribution >= 4 is 5.91 Å². The van der Waals surface area contributed by atoms with Crippen LogP contribution >= 0.6 is 0 Å². The molecule has 1 aliphatic rings. The smallest absolute Gasteiger partial charge is 0.222 e. The molecule has 3 nitrogen and oxygen atoms in total. The minimum absolute atomic E-state index is 0.0871. The van der Waals surface area contributed by atoms with Crippen LogP contribution in [0.5, 0.6) is 0 Å². The average Bonchev–Trinajstić information content (AvgIpc) is 2.28. The maximum absolute atomic E-state index is 11.8. The lowest BCUT2D eigenvalue weighted by Gasteiger charge is -2.40. The predicted octanol–water partition coefficient (Wildman–Crippen LogP) is 2.66. The van der Waals surface area contributed by atoms with E-state index in [4.69, 9.17) is 0 Å². The van der Waals surface area contributed by atoms with E-state index in [0.717, 1.165) is 18.9 Å². The van der Waals surface area contributed by atoms with Crippen molar-refractivity contribution < 1.29 is 4.79 Å². The van der Waals surface area contributed by atoms with Gasteiger partial charge in [0.05, 0.1) is 0 Å². The zero-order chi connectivity index (χ0) is 13.7. The zero-order valence-corrected chi connectivity index (χ0v) is 12.7. The number of carbonyl (C=O) groups excluding carboxylic acids is 1. The number of hydrogen-bond acceptors (Lipinski definition) is 2. The lowest BCUT2D eigenvalue weighted by Crippen LogP contribution is -2.53. The Morgan fingerprint density at radius 2 is 1.94 bits per heavy atom. The van der Waals surface area contributed by atoms with Crippen molar-refractivity contribution in [3.63, 3.8) is 0 Å². The molecule has 2 unspecified atom stereocenters. The number of amides is 1. The molecule has 1 saturated heterocycles. The molecule has 3 heteroatoms. The molecule has 0 aromatic carbocycles. The van der Waals surface area contributed by atoms with Crippen molar-refractivity contribution in [2.45, 2.75) is 66.0 Å². The molecule has 2 atom stereocenters. The third-order valence-corrected chi connectivity index (χ3v) is 3.86. The van der Waals surface area contributed by atoms with Gasteiger partial charge in [-0.3, -0.25) is 9.69 Å². The highest BCUT2D eigenvalue weighted by Crippen LogP contribution is 2.23. The molecule has 1 rings (SSSR count). The Labute approximate surface area is 112 Å². The number of likely N-dealkylation sites (tertiary alicyclic amines) is 1. The summed E-state index contributed by atoms with van der Waals surface area (Å²) in [6.07, 6.45) is 3.66. The maximum Gasteiger partial charge on any atom is 0.222 e. The van der Waals surface area contributed by atoms with Crippen molar-refractivity contribution in [3.05, 3.63) is 0 Å². The Kier molecular flexibility index (Phi) is 6.13. The van der Waals surface area contributed by atoms with E-state index in [1.54, 1.807) is 0 Å². The first kappa shape index (κ1) is 15.5. The van der Waals surface area contributed by atoms with Crippen LogP contribution in [0.4, 0.5) is 0 Å². The third-order valence-electron chi connectivity index (χ3n) is 3.86. The van der Waals surface area contributed by atoms with Crippen molar-refractivity contribution in [2.24, 2.45) is 11.8 Å². The van der Waals surface area contributed by atoms with Gasteiger partial charge in [0.1, 0.15) is 0 Å². The number of rotatable bonds is 5. The normalized spacial score (nSPS) is 25.7. The van der Waals surface area contributed by atoms with Gasteiger partial charge in [-0.25, -0.2) is 0 Å². The summed E-state index contributed by atoms with van der Waals surface area (Å²) in [7, 11) is 0. The number of carbonyl (C=O) groups is 1. The molecule has 0 bridgehead atoms. The highest BCUT2D eigenvalue weighted by atomic mass is 16.1. The van der Waals surface area contributed by atoms with Gasteiger partial charge < -0.3 is 5.32 Å². The van der Waals surface area contributed by atoms with Crippen LogP contribution in [0.25, 0.3) is 0 Å². The van der Waals surface area contributed by atoms with E-state index >= 15 is 0 Å². The van der Waals surface area contributed by atoms with Crippen LogP contribution in [0, 0.1) is 11.8 Å². The first-order valence-electron chi connectivity index (χ1n) is 7.48. The molecule has 1 fully saturated rings. The zero-order valence-electron chi connectivity index (χ0n) is 12.7. The van der Waals surface area contributed by atoms with Crippen LogP contribution in [0.1, 0.15) is 53.9 Å². The van der Waals surface area contributed by atoms with Crippen molar-refractivity contribution in [3.8, 4) is 0 Å². The molecule has 0 saturated carbocycles. The summed E-state index contributed by atoms with van der Waals surface area (Å²) in [5, 5.41) is 3.21. The van der Waals surface area contributed by atoms with Crippen LogP contribution in [0.2, 0.25) is 0 Å². The standard InChI is InChI=1S/C15H30N2O/c1-6-7-13-8-14(16-15(18)11(2)3)10-17(9-13)12(4)5/h11-14H,6-10H2,1-5H3,(H,16,18). The van der Waals surface area contributed by atoms with Crippen LogP contribution in [0.3, 0.4) is 0 Å². The molecule has 0 aromatic rings. The molecular weight excluding hydrogens is 224 g/mol. The van der Waals surface area contributed by atoms with Crippen LogP contribution in [-0.2, 0) is 4.79 Å². The first-order valence-corrected chi connectivity index (χ1v) is 7.48. The second-order valence-electron chi connectivity index (χ2n) is 6.30. The highest BCUT2D eigenvalue weighted by molar-refractivity contribution is 5.78. The lowest BCUT2D eigenvalue weighted by atomic mass is 9.89. The summed E-state index contributed by atoms with van der Waals surface area (Å²) in [4.78, 5) is 14.3. The SMILES string of the molecule is CCCC1CC(NC(=O)C(C)C)CN(C(C)C)C1. The van der Waals surface area contributed by atoms with E-state index in [2.05, 4.69) is 31.0 Å². The molecule has 1 amide bonds. The van der Waals surface area contributed by atoms with Gasteiger partial charge in [-0.2, -0.15) is 0 Å². The van der Waals surface area contributed by atoms with Gasteiger partial charge in [0.25, 0.3) is 0 Å². The van der Waals surface area contributed by atoms with Gasteiger partial charge in [0.15, 0.2) is 0 Å². The number of hydrogen-bond donors (Lipinski definition) is 1. The van der Waals surface area contributed by atoms with E-state index < -0.39 is 0 Å². The summed E-state index contributed by atoms with van der Waals surface area (Å²) >= 11 is 0. The van der Waals surface area contributed by atoms with E-state index in [9.17, 15) is 4.79 Å². The molecule has 18 heavy (non-hydrogen) atoms. The quantitative estimate of drug-likeness (QED) is 0.818. The molecule has 1 N–H and O–H groups in total. The Morgan fingerprint density at radius 1 is 1.28 bits per heavy atom. The lowest BCUT2D eigenvalue weighted by molar-refractivity contribution is -0.125. The summed E-state index contributed by atoms with van der Waals surface area (Å²) in [5.74, 6) is 1.02. The molecule has 0 spiro atoms. The van der Waals surface area contributed by atoms with Crippen LogP contribution in [-0.4, -0.2) is 36.0 Å². The Morgan fingerprint density at radius 3 is 2.44 bits per heavy atom. The monoisotopic (exact) mass is 254 g/mol. The Hall–Kier alpha value is -0.570. The Balaban J connectivity index is 2.58. The summed E-state index contributed by atoms with van der Waals surface area (Å²) in [6.45, 7) is 12.9. The maximum atomic E-state index is 11.8. The van der Waals surface area contributed by atoms with E-state index in [0.29, 0.717) is 12.1 Å². The van der Waals surface area contributed by atoms with Crippen molar-refractivity contribution in [2.75, 3.05) is 13.1 Å². The minimum atomic E-state index is 0.0871. The largest absolute Gasteiger partial charge is 0.352 e. The van der Waals surface area contributed by atoms with E-state index in [1.807, 2.05) is 13.8 Å². The predicted molar refractivity (Wildman–Crippen MR) is 76.5 cm³/mol. The van der Waals surface area contributed by atoms with Crippen LogP contribution in [0.15, 0.2) is 0 Å². The molecule has 1 aliphatic heterocycles. The van der Waals surface area contributed by atoms with Gasteiger partial charge in [-0.1, -0.05) is 27.2 Å². The number of nitrogens with one attached hydrogen (secondary N) is 1. The van der Waals surface area contributed by atoms with E-state index in [1.165, 1.54) is 19.4 Å². The Bertz CT molecular complexity index is 263. The highest BCUT2D eigenvalue weighted by Gasteiger charge is 2.29. The van der Waals surface area contributed by atoms with Gasteiger partial charge in [-0.15, -0.1) is 0 Å². The molecule has 0 aromatic heterocycles. The molecular formula is C15H30N2O. The topological polar surface area (TPSA) is 32.3 Å². The van der Waals surface area contributed by atoms with Gasteiger partial charge in [0, 0.05) is 31.1 Å². The molecule has 1 heterocycles. The van der Waals surface area contributed by atoms with Crippen molar-refractivity contribution in [1.82, 2.24) is 10.2 Å². The fraction of sp³-hybridized carbons (Fsp3) is 0.933. The minimum Gasteiger partial charge on any atom is -0.352 e. The summed E-state index contributed by atoms with van der Waals surface area (Å²) in [6, 6.07) is 0.913. The van der Waals surface area contributed by atoms with Gasteiger partial charge >= 0.3 is 0 Å². The molecule has 106 valence electrons. The fourth-order valence-electron chi connectivity index (χ4n) is 2.75. The van der Waals surface area contributed by atoms with Gasteiger partial charge in [-0.05, 0) is 32.6 Å². The van der Waals surface area contributed by atoms with E-state index in [-0.39, 0.29) is 11.8 Å². The average molecular weight is 254 g/mol. The second-order valence-corrected chi connectivity index (χ2v) is 6.30. The summed E-state index contributed by atoms with van der Waals surface area (Å²) in [5.41, 5.74) is 0. The third kappa shape index (κ3) is 4.60. The number of piperidine rings is 1. The molecule has 0 radical (unpaired) electrons. The molecule has 0 aliphatic carbocycles. The summed E-state index contributed by atoms with van der Waals surface area (Å²) < 4.78 is 0.